The van der Waals surface area contributed by atoms with Crippen molar-refractivity contribution in [3.05, 3.63) is 46.7 Å². The van der Waals surface area contributed by atoms with Gasteiger partial charge in [-0.3, -0.25) is 0 Å². The summed E-state index contributed by atoms with van der Waals surface area (Å²) in [7, 11) is 0. The zero-order chi connectivity index (χ0) is 24.8. The molecule has 2 aromatic heterocycles. The summed E-state index contributed by atoms with van der Waals surface area (Å²) in [5, 5.41) is 21.0. The van der Waals surface area contributed by atoms with Gasteiger partial charge in [-0.05, 0) is 63.0 Å². The van der Waals surface area contributed by atoms with Crippen molar-refractivity contribution in [3.8, 4) is 0 Å². The SMILES string of the molecule is CCOC(=O)C1CC(Br)=NN1c1ncccc1Cl.O=C(O)C1CC(Br)=NN1c1ncccc1Cl. The van der Waals surface area contributed by atoms with Crippen LogP contribution in [0.5, 0.6) is 0 Å². The molecule has 2 aromatic rings. The Morgan fingerprint density at radius 3 is 1.91 bits per heavy atom. The zero-order valence-electron chi connectivity index (χ0n) is 17.6. The Labute approximate surface area is 221 Å². The number of hydrogen-bond donors (Lipinski definition) is 1. The van der Waals surface area contributed by atoms with Crippen LogP contribution >= 0.6 is 55.1 Å². The van der Waals surface area contributed by atoms with Crippen molar-refractivity contribution in [2.24, 2.45) is 10.2 Å². The number of aromatic nitrogens is 2. The molecule has 0 aliphatic carbocycles. The summed E-state index contributed by atoms with van der Waals surface area (Å²) < 4.78 is 6.26. The molecule has 14 heteroatoms. The van der Waals surface area contributed by atoms with E-state index in [0.29, 0.717) is 50.4 Å². The van der Waals surface area contributed by atoms with Crippen LogP contribution in [0.25, 0.3) is 0 Å². The molecule has 2 atom stereocenters. The standard InChI is InChI=1S/C11H11BrClN3O2.C9H7BrClN3O2/c1-2-18-11(17)8-6-9(12)15-16(8)10-7(13)4-3-5-14-10;10-7-4-6(9(15)16)14(13-7)8-5(11)2-1-3-12-8/h3-5,8H,2,6H2,1H3;1-3,6H,4H2,(H,15,16). The van der Waals surface area contributed by atoms with Gasteiger partial charge < -0.3 is 9.84 Å². The molecule has 2 aliphatic rings. The maximum Gasteiger partial charge on any atom is 0.331 e. The van der Waals surface area contributed by atoms with Gasteiger partial charge in [0.15, 0.2) is 23.7 Å². The van der Waals surface area contributed by atoms with Crippen molar-refractivity contribution in [2.75, 3.05) is 16.6 Å². The first kappa shape index (κ1) is 26.3. The minimum absolute atomic E-state index is 0.308. The Hall–Kier alpha value is -2.28. The lowest BCUT2D eigenvalue weighted by Gasteiger charge is -2.21. The lowest BCUT2D eigenvalue weighted by Crippen LogP contribution is -2.36. The van der Waals surface area contributed by atoms with E-state index >= 15 is 0 Å². The zero-order valence-corrected chi connectivity index (χ0v) is 22.3. The number of rotatable bonds is 5. The van der Waals surface area contributed by atoms with Crippen molar-refractivity contribution in [2.45, 2.75) is 31.8 Å². The molecule has 0 aromatic carbocycles. The number of carboxylic acid groups (broad SMARTS) is 1. The molecule has 2 unspecified atom stereocenters. The Kier molecular flexibility index (Phi) is 9.23. The Morgan fingerprint density at radius 2 is 1.47 bits per heavy atom. The van der Waals surface area contributed by atoms with Crippen LogP contribution in [0.15, 0.2) is 46.9 Å². The van der Waals surface area contributed by atoms with Crippen LogP contribution in [-0.2, 0) is 14.3 Å². The molecule has 0 amide bonds. The van der Waals surface area contributed by atoms with Crippen molar-refractivity contribution in [3.63, 3.8) is 0 Å². The predicted octanol–water partition coefficient (Wildman–Crippen LogP) is 4.69. The molecule has 0 bridgehead atoms. The van der Waals surface area contributed by atoms with Crippen LogP contribution in [-0.4, -0.2) is 54.9 Å². The van der Waals surface area contributed by atoms with Crippen LogP contribution in [0.4, 0.5) is 11.6 Å². The van der Waals surface area contributed by atoms with Gasteiger partial charge in [0.2, 0.25) is 0 Å². The smallest absolute Gasteiger partial charge is 0.331 e. The first-order chi connectivity index (χ1) is 16.2. The number of nitrogens with zero attached hydrogens (tertiary/aromatic N) is 6. The molecule has 4 heterocycles. The van der Waals surface area contributed by atoms with E-state index in [1.807, 2.05) is 0 Å². The van der Waals surface area contributed by atoms with E-state index in [9.17, 15) is 9.59 Å². The number of esters is 1. The topological polar surface area (TPSA) is 121 Å². The summed E-state index contributed by atoms with van der Waals surface area (Å²) in [6.07, 6.45) is 3.90. The number of ether oxygens (including phenoxy) is 1. The van der Waals surface area contributed by atoms with E-state index in [4.69, 9.17) is 33.0 Å². The van der Waals surface area contributed by atoms with E-state index in [1.165, 1.54) is 10.0 Å². The van der Waals surface area contributed by atoms with Gasteiger partial charge in [0.05, 0.1) is 16.7 Å². The van der Waals surface area contributed by atoms with Crippen LogP contribution in [0.3, 0.4) is 0 Å². The van der Waals surface area contributed by atoms with Gasteiger partial charge in [0.25, 0.3) is 0 Å². The molecule has 0 saturated carbocycles. The van der Waals surface area contributed by atoms with E-state index in [-0.39, 0.29) is 5.97 Å². The summed E-state index contributed by atoms with van der Waals surface area (Å²) in [5.41, 5.74) is 0. The van der Waals surface area contributed by atoms with E-state index < -0.39 is 18.1 Å². The molecule has 1 N–H and O–H groups in total. The molecule has 4 rings (SSSR count). The highest BCUT2D eigenvalue weighted by Crippen LogP contribution is 2.31. The first-order valence-corrected chi connectivity index (χ1v) is 12.2. The van der Waals surface area contributed by atoms with Gasteiger partial charge in [0, 0.05) is 25.2 Å². The largest absolute Gasteiger partial charge is 0.480 e. The molecule has 0 saturated heterocycles. The van der Waals surface area contributed by atoms with E-state index in [0.717, 1.165) is 0 Å². The maximum absolute atomic E-state index is 11.9. The number of halogens is 4. The fourth-order valence-electron chi connectivity index (χ4n) is 3.04. The molecule has 34 heavy (non-hydrogen) atoms. The highest BCUT2D eigenvalue weighted by atomic mass is 79.9. The third-order valence-corrected chi connectivity index (χ3v) is 6.06. The molecular weight excluding hydrogens is 619 g/mol. The van der Waals surface area contributed by atoms with Crippen molar-refractivity contribution in [1.82, 2.24) is 9.97 Å². The quantitative estimate of drug-likeness (QED) is 0.470. The second kappa shape index (κ2) is 11.9. The summed E-state index contributed by atoms with van der Waals surface area (Å²) in [6, 6.07) is 5.46. The van der Waals surface area contributed by atoms with E-state index in [1.54, 1.807) is 43.6 Å². The van der Waals surface area contributed by atoms with Gasteiger partial charge >= 0.3 is 11.9 Å². The summed E-state index contributed by atoms with van der Waals surface area (Å²) in [4.78, 5) is 31.1. The third-order valence-electron chi connectivity index (χ3n) is 4.50. The monoisotopic (exact) mass is 634 g/mol. The second-order valence-electron chi connectivity index (χ2n) is 6.79. The number of hydrogen-bond acceptors (Lipinski definition) is 9. The Bertz CT molecular complexity index is 1140. The van der Waals surface area contributed by atoms with Crippen LogP contribution < -0.4 is 10.0 Å². The number of carbonyl (C=O) groups is 2. The average molecular weight is 637 g/mol. The van der Waals surface area contributed by atoms with Gasteiger partial charge in [-0.15, -0.1) is 0 Å². The fraction of sp³-hybridized carbons (Fsp3) is 0.300. The van der Waals surface area contributed by atoms with Crippen LogP contribution in [0, 0.1) is 0 Å². The molecule has 0 radical (unpaired) electrons. The normalized spacial score (nSPS) is 19.2. The number of aliphatic carboxylic acids is 1. The van der Waals surface area contributed by atoms with Gasteiger partial charge in [-0.2, -0.15) is 10.2 Å². The second-order valence-corrected chi connectivity index (χ2v) is 9.43. The minimum Gasteiger partial charge on any atom is -0.480 e. The Morgan fingerprint density at radius 1 is 1.00 bits per heavy atom. The fourth-order valence-corrected chi connectivity index (χ4v) is 4.41. The molecule has 10 nitrogen and oxygen atoms in total. The van der Waals surface area contributed by atoms with Crippen molar-refractivity contribution >= 4 is 87.9 Å². The molecule has 0 spiro atoms. The summed E-state index contributed by atoms with van der Waals surface area (Å²) >= 11 is 18.5. The first-order valence-electron chi connectivity index (χ1n) is 9.87. The third kappa shape index (κ3) is 6.23. The summed E-state index contributed by atoms with van der Waals surface area (Å²) in [5.74, 6) is -0.491. The maximum atomic E-state index is 11.9. The highest BCUT2D eigenvalue weighted by Gasteiger charge is 2.36. The predicted molar refractivity (Wildman–Crippen MR) is 137 cm³/mol. The number of carboxylic acids is 1. The van der Waals surface area contributed by atoms with Gasteiger partial charge in [-0.25, -0.2) is 29.6 Å². The van der Waals surface area contributed by atoms with Crippen molar-refractivity contribution in [1.29, 1.82) is 0 Å². The minimum atomic E-state index is -0.958. The van der Waals surface area contributed by atoms with Gasteiger partial charge in [-0.1, -0.05) is 23.2 Å². The summed E-state index contributed by atoms with van der Waals surface area (Å²) in [6.45, 7) is 2.09. The lowest BCUT2D eigenvalue weighted by atomic mass is 10.2. The number of hydrazone groups is 2. The number of pyridine rings is 2. The van der Waals surface area contributed by atoms with Crippen LogP contribution in [0.1, 0.15) is 19.8 Å². The van der Waals surface area contributed by atoms with Crippen molar-refractivity contribution < 1.29 is 19.4 Å². The number of anilines is 2. The molecule has 0 fully saturated rings. The Balaban J connectivity index is 0.000000192. The number of carbonyl (C=O) groups excluding carboxylic acids is 1. The molecule has 180 valence electrons. The van der Waals surface area contributed by atoms with E-state index in [2.05, 4.69) is 52.0 Å². The lowest BCUT2D eigenvalue weighted by molar-refractivity contribution is -0.144. The van der Waals surface area contributed by atoms with Crippen LogP contribution in [0.2, 0.25) is 10.0 Å². The van der Waals surface area contributed by atoms with Gasteiger partial charge in [0.1, 0.15) is 9.24 Å². The molecule has 2 aliphatic heterocycles. The molecular formula is C20H18Br2Cl2N6O4. The average Bonchev–Trinajstić information content (AvgIpc) is 3.38. The highest BCUT2D eigenvalue weighted by molar-refractivity contribution is 9.18.